The predicted molar refractivity (Wildman–Crippen MR) is 109 cm³/mol. The van der Waals surface area contributed by atoms with Crippen LogP contribution in [0, 0.1) is 46.3 Å². The van der Waals surface area contributed by atoms with E-state index in [1.807, 2.05) is 6.92 Å². The highest BCUT2D eigenvalue weighted by Crippen LogP contribution is 2.68. The third-order valence-corrected chi connectivity index (χ3v) is 9.51. The topological polar surface area (TPSA) is 77.8 Å². The monoisotopic (exact) mass is 396 g/mol. The molecule has 0 amide bonds. The van der Waals surface area contributed by atoms with Crippen LogP contribution in [-0.4, -0.2) is 33.5 Å². The zero-order chi connectivity index (χ0) is 23.9. The van der Waals surface area contributed by atoms with E-state index in [0.29, 0.717) is 18.3 Å². The molecule has 4 fully saturated rings. The van der Waals surface area contributed by atoms with Gasteiger partial charge in [-0.15, -0.1) is 0 Å². The van der Waals surface area contributed by atoms with E-state index in [0.717, 1.165) is 25.7 Å². The summed E-state index contributed by atoms with van der Waals surface area (Å²) in [6.45, 7) is 6.48. The molecular formula is C24H40O4. The van der Waals surface area contributed by atoms with Gasteiger partial charge in [-0.25, -0.2) is 0 Å². The highest BCUT2D eigenvalue weighted by molar-refractivity contribution is 5.66. The summed E-state index contributed by atoms with van der Waals surface area (Å²) in [7, 11) is 0. The molecule has 0 aromatic carbocycles. The van der Waals surface area contributed by atoms with E-state index in [9.17, 15) is 15.0 Å². The molecule has 0 aliphatic heterocycles. The fraction of sp³-hybridized carbons (Fsp3) is 0.958. The maximum Gasteiger partial charge on any atom is 0.303 e. The molecule has 4 nitrogen and oxygen atoms in total. The Morgan fingerprint density at radius 2 is 1.86 bits per heavy atom. The zero-order valence-electron chi connectivity index (χ0n) is 21.5. The minimum atomic E-state index is -2.08. The number of hydrogen-bond donors (Lipinski definition) is 3. The second kappa shape index (κ2) is 7.27. The number of carboxylic acid groups (broad SMARTS) is 1. The van der Waals surface area contributed by atoms with Crippen LogP contribution in [0.3, 0.4) is 0 Å². The molecule has 0 bridgehead atoms. The SMILES string of the molecule is [2H]C1([2H])C[C@@]2(C)[C@H](C[C@@H](O)C3[C@@H]2CC[C@]2(C)[C@@H]([C@H](C)CCC(=O)O)CC[C@@H]32)C([2H])([2H])[C@@H]1O. The largest absolute Gasteiger partial charge is 0.481 e. The van der Waals surface area contributed by atoms with Crippen LogP contribution < -0.4 is 0 Å². The van der Waals surface area contributed by atoms with Gasteiger partial charge in [0.15, 0.2) is 0 Å². The number of fused-ring (bicyclic) bond motifs is 5. The highest BCUT2D eigenvalue weighted by atomic mass is 16.4. The molecule has 4 heteroatoms. The Bertz CT molecular complexity index is 760. The Hall–Kier alpha value is -0.610. The lowest BCUT2D eigenvalue weighted by molar-refractivity contribution is -0.174. The predicted octanol–water partition coefficient (Wildman–Crippen LogP) is 4.48. The second-order valence-corrected chi connectivity index (χ2v) is 10.7. The molecule has 3 N–H and O–H groups in total. The van der Waals surface area contributed by atoms with Crippen molar-refractivity contribution in [2.24, 2.45) is 46.3 Å². The molecule has 4 aliphatic rings. The molecule has 1 unspecified atom stereocenters. The van der Waals surface area contributed by atoms with Crippen molar-refractivity contribution in [2.75, 3.05) is 0 Å². The summed E-state index contributed by atoms with van der Waals surface area (Å²) in [6, 6.07) is 0. The first kappa shape index (κ1) is 16.1. The van der Waals surface area contributed by atoms with E-state index < -0.39 is 42.3 Å². The van der Waals surface area contributed by atoms with Gasteiger partial charge in [-0.05, 0) is 104 Å². The summed E-state index contributed by atoms with van der Waals surface area (Å²) in [5, 5.41) is 31.0. The standard InChI is InChI=1S/C24H40O4/c1-14(4-7-21(27)28)17-5-6-18-22-19(9-11-24(17,18)3)23(2)10-8-16(25)12-15(23)13-20(22)26/h14-20,22,25-26H,4-13H2,1-3H3,(H,27,28)/t14-,15+,16-,17-,18+,19+,20-,22?,23+,24-/m1/s1/i8D2,12D2. The van der Waals surface area contributed by atoms with E-state index in [1.165, 1.54) is 0 Å². The van der Waals surface area contributed by atoms with Crippen molar-refractivity contribution in [2.45, 2.75) is 97.1 Å². The van der Waals surface area contributed by atoms with Crippen molar-refractivity contribution in [1.29, 1.82) is 0 Å². The molecule has 0 radical (unpaired) electrons. The first-order valence-corrected chi connectivity index (χ1v) is 11.2. The van der Waals surface area contributed by atoms with E-state index in [1.54, 1.807) is 0 Å². The van der Waals surface area contributed by atoms with Gasteiger partial charge in [-0.3, -0.25) is 4.79 Å². The summed E-state index contributed by atoms with van der Waals surface area (Å²) < 4.78 is 34.0. The molecule has 0 spiro atoms. The first-order valence-electron chi connectivity index (χ1n) is 13.2. The zero-order valence-corrected chi connectivity index (χ0v) is 17.5. The van der Waals surface area contributed by atoms with Crippen LogP contribution >= 0.6 is 0 Å². The van der Waals surface area contributed by atoms with E-state index in [2.05, 4.69) is 13.8 Å². The molecule has 4 aliphatic carbocycles. The Balaban J connectivity index is 1.64. The van der Waals surface area contributed by atoms with Gasteiger partial charge in [0.1, 0.15) is 0 Å². The van der Waals surface area contributed by atoms with Gasteiger partial charge in [-0.2, -0.15) is 0 Å². The Morgan fingerprint density at radius 3 is 2.57 bits per heavy atom. The maximum absolute atomic E-state index is 11.3. The van der Waals surface area contributed by atoms with Crippen molar-refractivity contribution < 1.29 is 25.6 Å². The lowest BCUT2D eigenvalue weighted by Crippen LogP contribution is -2.58. The van der Waals surface area contributed by atoms with Gasteiger partial charge in [0, 0.05) is 11.9 Å². The molecule has 10 atom stereocenters. The summed E-state index contributed by atoms with van der Waals surface area (Å²) in [6.07, 6.45) is -1.38. The Labute approximate surface area is 175 Å². The summed E-state index contributed by atoms with van der Waals surface area (Å²) in [5.41, 5.74) is -0.583. The van der Waals surface area contributed by atoms with Crippen LogP contribution in [-0.2, 0) is 4.79 Å². The van der Waals surface area contributed by atoms with Crippen molar-refractivity contribution in [1.82, 2.24) is 0 Å². The minimum Gasteiger partial charge on any atom is -0.481 e. The minimum absolute atomic E-state index is 0.00789. The van der Waals surface area contributed by atoms with Crippen molar-refractivity contribution in [3.63, 3.8) is 0 Å². The third kappa shape index (κ3) is 3.14. The van der Waals surface area contributed by atoms with Gasteiger partial charge in [0.2, 0.25) is 0 Å². The summed E-state index contributed by atoms with van der Waals surface area (Å²) in [5.74, 6) is -0.291. The number of carboxylic acids is 1. The van der Waals surface area contributed by atoms with Crippen LogP contribution in [0.25, 0.3) is 0 Å². The summed E-state index contributed by atoms with van der Waals surface area (Å²) in [4.78, 5) is 11.1. The van der Waals surface area contributed by atoms with Gasteiger partial charge in [-0.1, -0.05) is 20.8 Å². The molecule has 160 valence electrons. The van der Waals surface area contributed by atoms with Crippen molar-refractivity contribution >= 4 is 5.97 Å². The average Bonchev–Trinajstić information content (AvgIpc) is 3.03. The van der Waals surface area contributed by atoms with Crippen LogP contribution in [0.4, 0.5) is 0 Å². The Kier molecular flexibility index (Phi) is 4.19. The molecule has 4 saturated carbocycles. The molecule has 0 heterocycles. The first-order chi connectivity index (χ1) is 14.7. The van der Waals surface area contributed by atoms with Gasteiger partial charge in [0.25, 0.3) is 0 Å². The van der Waals surface area contributed by atoms with Gasteiger partial charge < -0.3 is 15.3 Å². The quantitative estimate of drug-likeness (QED) is 0.655. The normalized spacial score (nSPS) is 57.4. The Morgan fingerprint density at radius 1 is 1.14 bits per heavy atom. The molecular weight excluding hydrogens is 352 g/mol. The lowest BCUT2D eigenvalue weighted by atomic mass is 9.43. The number of carbonyl (C=O) groups is 1. The lowest BCUT2D eigenvalue weighted by Gasteiger charge is -2.62. The number of aliphatic hydroxyl groups is 2. The summed E-state index contributed by atoms with van der Waals surface area (Å²) >= 11 is 0. The maximum atomic E-state index is 11.3. The van der Waals surface area contributed by atoms with Crippen molar-refractivity contribution in [3.05, 3.63) is 0 Å². The fourth-order valence-electron chi connectivity index (χ4n) is 8.03. The molecule has 4 rings (SSSR count). The number of aliphatic hydroxyl groups excluding tert-OH is 2. The van der Waals surface area contributed by atoms with Crippen LogP contribution in [0.5, 0.6) is 0 Å². The van der Waals surface area contributed by atoms with Crippen molar-refractivity contribution in [3.8, 4) is 0 Å². The highest BCUT2D eigenvalue weighted by Gasteiger charge is 2.62. The second-order valence-electron chi connectivity index (χ2n) is 10.7. The molecule has 28 heavy (non-hydrogen) atoms. The van der Waals surface area contributed by atoms with E-state index >= 15 is 0 Å². The van der Waals surface area contributed by atoms with Gasteiger partial charge >= 0.3 is 5.97 Å². The average molecular weight is 397 g/mol. The molecule has 0 aromatic rings. The van der Waals surface area contributed by atoms with E-state index in [4.69, 9.17) is 10.6 Å². The number of rotatable bonds is 4. The van der Waals surface area contributed by atoms with E-state index in [-0.39, 0.29) is 42.4 Å². The van der Waals surface area contributed by atoms with Crippen LogP contribution in [0.15, 0.2) is 0 Å². The molecule has 0 aromatic heterocycles. The molecule has 0 saturated heterocycles. The third-order valence-electron chi connectivity index (χ3n) is 9.51. The van der Waals surface area contributed by atoms with Crippen LogP contribution in [0.2, 0.25) is 0 Å². The number of hydrogen-bond acceptors (Lipinski definition) is 3. The van der Waals surface area contributed by atoms with Gasteiger partial charge in [0.05, 0.1) is 12.2 Å². The fourth-order valence-corrected chi connectivity index (χ4v) is 8.03. The smallest absolute Gasteiger partial charge is 0.303 e. The van der Waals surface area contributed by atoms with Crippen LogP contribution in [0.1, 0.15) is 90.4 Å². The number of aliphatic carboxylic acids is 1.